The number of halogens is 2. The van der Waals surface area contributed by atoms with E-state index in [4.69, 9.17) is 0 Å². The summed E-state index contributed by atoms with van der Waals surface area (Å²) in [6.45, 7) is 3.76. The van der Waals surface area contributed by atoms with Gasteiger partial charge in [-0.25, -0.2) is 8.78 Å². The van der Waals surface area contributed by atoms with Crippen LogP contribution in [0.4, 0.5) is 14.5 Å². The van der Waals surface area contributed by atoms with Crippen LogP contribution in [-0.2, 0) is 0 Å². The van der Waals surface area contributed by atoms with E-state index in [0.717, 1.165) is 11.1 Å². The van der Waals surface area contributed by atoms with Gasteiger partial charge in [0.2, 0.25) is 0 Å². The van der Waals surface area contributed by atoms with E-state index in [-0.39, 0.29) is 4.88 Å². The number of amides is 1. The first kappa shape index (κ1) is 14.5. The summed E-state index contributed by atoms with van der Waals surface area (Å²) in [6, 6.07) is 5.65. The first-order valence-corrected chi connectivity index (χ1v) is 6.65. The number of nitrogens with zero attached hydrogens (tertiary/aromatic N) is 3. The van der Waals surface area contributed by atoms with Crippen LogP contribution in [0.2, 0.25) is 0 Å². The molecule has 0 aliphatic rings. The van der Waals surface area contributed by atoms with Crippen LogP contribution in [0.1, 0.15) is 32.9 Å². The summed E-state index contributed by atoms with van der Waals surface area (Å²) in [5, 5.41) is 3.32. The summed E-state index contributed by atoms with van der Waals surface area (Å²) in [6.07, 6.45) is -2.81. The van der Waals surface area contributed by atoms with Gasteiger partial charge in [0.05, 0.1) is 0 Å². The van der Waals surface area contributed by atoms with Gasteiger partial charge in [0.15, 0.2) is 5.69 Å². The van der Waals surface area contributed by atoms with Crippen molar-refractivity contribution in [3.8, 4) is 0 Å². The number of aromatic nitrogens is 2. The molecule has 0 aliphatic heterocycles. The van der Waals surface area contributed by atoms with Gasteiger partial charge in [-0.05, 0) is 42.6 Å². The highest BCUT2D eigenvalue weighted by Gasteiger charge is 2.26. The second kappa shape index (κ2) is 5.62. The summed E-state index contributed by atoms with van der Waals surface area (Å²) >= 11 is 0.687. The van der Waals surface area contributed by atoms with Crippen LogP contribution in [0.3, 0.4) is 0 Å². The largest absolute Gasteiger partial charge is 0.310 e. The molecule has 1 aromatic heterocycles. The third kappa shape index (κ3) is 2.67. The fourth-order valence-electron chi connectivity index (χ4n) is 1.83. The van der Waals surface area contributed by atoms with Crippen LogP contribution < -0.4 is 4.90 Å². The molecule has 0 fully saturated rings. The van der Waals surface area contributed by atoms with Crippen molar-refractivity contribution in [3.63, 3.8) is 0 Å². The van der Waals surface area contributed by atoms with Gasteiger partial charge in [-0.3, -0.25) is 4.79 Å². The van der Waals surface area contributed by atoms with Crippen LogP contribution in [0.15, 0.2) is 18.2 Å². The number of hydrogen-bond donors (Lipinski definition) is 0. The molecule has 1 amide bonds. The number of carbonyl (C=O) groups excluding carboxylic acids is 1. The van der Waals surface area contributed by atoms with Gasteiger partial charge in [-0.15, -0.1) is 5.10 Å². The molecule has 0 unspecified atom stereocenters. The number of carbonyl (C=O) groups is 1. The molecule has 2 aromatic rings. The summed E-state index contributed by atoms with van der Waals surface area (Å²) in [7, 11) is 1.55. The van der Waals surface area contributed by atoms with E-state index < -0.39 is 18.0 Å². The molecule has 0 N–H and O–H groups in total. The molecule has 1 heterocycles. The Morgan fingerprint density at radius 1 is 1.35 bits per heavy atom. The molecule has 0 radical (unpaired) electrons. The van der Waals surface area contributed by atoms with Crippen LogP contribution in [0, 0.1) is 13.8 Å². The van der Waals surface area contributed by atoms with E-state index in [1.807, 2.05) is 32.0 Å². The van der Waals surface area contributed by atoms with E-state index in [9.17, 15) is 13.6 Å². The normalized spacial score (nSPS) is 10.9. The standard InChI is InChI=1S/C13H13F2N3OS/c1-7-4-5-8(2)9(6-7)18(3)13(19)11-10(12(14)15)16-17-20-11/h4-6,12H,1-3H3. The highest BCUT2D eigenvalue weighted by atomic mass is 32.1. The van der Waals surface area contributed by atoms with Crippen LogP contribution >= 0.6 is 11.5 Å². The van der Waals surface area contributed by atoms with Gasteiger partial charge in [-0.2, -0.15) is 0 Å². The lowest BCUT2D eigenvalue weighted by atomic mass is 10.1. The quantitative estimate of drug-likeness (QED) is 0.872. The third-order valence-electron chi connectivity index (χ3n) is 2.94. The fourth-order valence-corrected chi connectivity index (χ4v) is 2.48. The molecule has 0 spiro atoms. The Hall–Kier alpha value is -1.89. The molecule has 0 atom stereocenters. The Labute approximate surface area is 119 Å². The molecule has 0 saturated carbocycles. The van der Waals surface area contributed by atoms with E-state index in [1.165, 1.54) is 4.90 Å². The fraction of sp³-hybridized carbons (Fsp3) is 0.308. The zero-order valence-electron chi connectivity index (χ0n) is 11.2. The molecule has 106 valence electrons. The van der Waals surface area contributed by atoms with Gasteiger partial charge in [0.25, 0.3) is 12.3 Å². The summed E-state index contributed by atoms with van der Waals surface area (Å²) in [5.41, 5.74) is 2.00. The highest BCUT2D eigenvalue weighted by Crippen LogP contribution is 2.27. The van der Waals surface area contributed by atoms with Crippen molar-refractivity contribution in [1.82, 2.24) is 9.59 Å². The Balaban J connectivity index is 2.37. The second-order valence-electron chi connectivity index (χ2n) is 4.44. The SMILES string of the molecule is Cc1ccc(C)c(N(C)C(=O)c2snnc2C(F)F)c1. The minimum atomic E-state index is -2.81. The maximum Gasteiger partial charge on any atom is 0.283 e. The van der Waals surface area contributed by atoms with Crippen molar-refractivity contribution in [3.05, 3.63) is 39.9 Å². The summed E-state index contributed by atoms with van der Waals surface area (Å²) in [4.78, 5) is 13.5. The predicted octanol–water partition coefficient (Wildman–Crippen LogP) is 3.37. The Morgan fingerprint density at radius 2 is 2.05 bits per heavy atom. The molecule has 1 aromatic carbocycles. The molecule has 0 aliphatic carbocycles. The topological polar surface area (TPSA) is 46.1 Å². The first-order chi connectivity index (χ1) is 9.41. The molecule has 2 rings (SSSR count). The van der Waals surface area contributed by atoms with Crippen molar-refractivity contribution in [2.75, 3.05) is 11.9 Å². The Morgan fingerprint density at radius 3 is 2.70 bits per heavy atom. The highest BCUT2D eigenvalue weighted by molar-refractivity contribution is 7.08. The number of rotatable bonds is 3. The lowest BCUT2D eigenvalue weighted by Crippen LogP contribution is -2.27. The first-order valence-electron chi connectivity index (χ1n) is 5.87. The predicted molar refractivity (Wildman–Crippen MR) is 73.5 cm³/mol. The number of benzene rings is 1. The average molecular weight is 297 g/mol. The number of hydrogen-bond acceptors (Lipinski definition) is 4. The molecule has 0 saturated heterocycles. The van der Waals surface area contributed by atoms with Crippen molar-refractivity contribution in [2.45, 2.75) is 20.3 Å². The van der Waals surface area contributed by atoms with E-state index in [0.29, 0.717) is 17.2 Å². The zero-order valence-corrected chi connectivity index (χ0v) is 12.0. The van der Waals surface area contributed by atoms with Gasteiger partial charge in [0.1, 0.15) is 4.88 Å². The van der Waals surface area contributed by atoms with Gasteiger partial charge >= 0.3 is 0 Å². The number of alkyl halides is 2. The lowest BCUT2D eigenvalue weighted by molar-refractivity contribution is 0.0981. The van der Waals surface area contributed by atoms with E-state index in [2.05, 4.69) is 9.59 Å². The minimum absolute atomic E-state index is 0.122. The molecular weight excluding hydrogens is 284 g/mol. The molecule has 7 heteroatoms. The van der Waals surface area contributed by atoms with Crippen molar-refractivity contribution in [1.29, 1.82) is 0 Å². The van der Waals surface area contributed by atoms with Crippen LogP contribution in [-0.4, -0.2) is 22.5 Å². The summed E-state index contributed by atoms with van der Waals surface area (Å²) < 4.78 is 29.0. The van der Waals surface area contributed by atoms with Crippen LogP contribution in [0.5, 0.6) is 0 Å². The smallest absolute Gasteiger partial charge is 0.283 e. The van der Waals surface area contributed by atoms with E-state index >= 15 is 0 Å². The van der Waals surface area contributed by atoms with Crippen molar-refractivity contribution in [2.24, 2.45) is 0 Å². The number of aryl methyl sites for hydroxylation is 2. The van der Waals surface area contributed by atoms with Gasteiger partial charge < -0.3 is 4.90 Å². The number of anilines is 1. The molecule has 4 nitrogen and oxygen atoms in total. The molecule has 20 heavy (non-hydrogen) atoms. The third-order valence-corrected chi connectivity index (χ3v) is 3.67. The molecule has 0 bridgehead atoms. The van der Waals surface area contributed by atoms with Crippen molar-refractivity contribution < 1.29 is 13.6 Å². The molecular formula is C13H13F2N3OS. The lowest BCUT2D eigenvalue weighted by Gasteiger charge is -2.19. The Bertz CT molecular complexity index is 642. The van der Waals surface area contributed by atoms with Gasteiger partial charge in [-0.1, -0.05) is 16.6 Å². The maximum absolute atomic E-state index is 12.8. The monoisotopic (exact) mass is 297 g/mol. The summed E-state index contributed by atoms with van der Waals surface area (Å²) in [5.74, 6) is -0.524. The minimum Gasteiger partial charge on any atom is -0.310 e. The van der Waals surface area contributed by atoms with Gasteiger partial charge in [0, 0.05) is 12.7 Å². The zero-order chi connectivity index (χ0) is 14.9. The van der Waals surface area contributed by atoms with Crippen molar-refractivity contribution >= 4 is 23.1 Å². The average Bonchev–Trinajstić information content (AvgIpc) is 2.89. The second-order valence-corrected chi connectivity index (χ2v) is 5.20. The van der Waals surface area contributed by atoms with Crippen LogP contribution in [0.25, 0.3) is 0 Å². The maximum atomic E-state index is 12.8. The Kier molecular flexibility index (Phi) is 4.08. The van der Waals surface area contributed by atoms with E-state index in [1.54, 1.807) is 7.05 Å².